The first-order valence-electron chi connectivity index (χ1n) is 5.46. The summed E-state index contributed by atoms with van der Waals surface area (Å²) in [6.07, 6.45) is 4.64. The highest BCUT2D eigenvalue weighted by molar-refractivity contribution is 5.37. The lowest BCUT2D eigenvalue weighted by atomic mass is 9.91. The molecule has 1 aromatic rings. The zero-order chi connectivity index (χ0) is 10.0. The van der Waals surface area contributed by atoms with Gasteiger partial charge in [0.25, 0.3) is 0 Å². The van der Waals surface area contributed by atoms with Gasteiger partial charge in [0.05, 0.1) is 5.60 Å². The van der Waals surface area contributed by atoms with Crippen molar-refractivity contribution in [3.8, 4) is 0 Å². The van der Waals surface area contributed by atoms with Crippen molar-refractivity contribution in [2.45, 2.75) is 38.2 Å². The average Bonchev–Trinajstić information content (AvgIpc) is 2.59. The van der Waals surface area contributed by atoms with Crippen LogP contribution < -0.4 is 0 Å². The number of hydrogen-bond donors (Lipinski definition) is 0. The summed E-state index contributed by atoms with van der Waals surface area (Å²) in [7, 11) is 1.84. The number of benzene rings is 1. The van der Waals surface area contributed by atoms with E-state index < -0.39 is 0 Å². The molecule has 0 aromatic heterocycles. The Hall–Kier alpha value is -0.820. The topological polar surface area (TPSA) is 9.23 Å². The molecule has 14 heavy (non-hydrogen) atoms. The van der Waals surface area contributed by atoms with Gasteiger partial charge in [0.15, 0.2) is 0 Å². The molecule has 76 valence electrons. The molecule has 0 spiro atoms. The Bertz CT molecular complexity index is 315. The van der Waals surface area contributed by atoms with Crippen molar-refractivity contribution >= 4 is 0 Å². The van der Waals surface area contributed by atoms with Gasteiger partial charge in [-0.1, -0.05) is 37.6 Å². The summed E-state index contributed by atoms with van der Waals surface area (Å²) < 4.78 is 5.77. The lowest BCUT2D eigenvalue weighted by Gasteiger charge is -2.28. The van der Waals surface area contributed by atoms with Crippen LogP contribution in [0.15, 0.2) is 24.3 Å². The minimum atomic E-state index is 0.0192. The molecule has 0 heterocycles. The molecule has 0 N–H and O–H groups in total. The molecule has 0 bridgehead atoms. The molecule has 1 atom stereocenters. The zero-order valence-corrected chi connectivity index (χ0v) is 9.05. The van der Waals surface area contributed by atoms with Gasteiger partial charge < -0.3 is 4.74 Å². The van der Waals surface area contributed by atoms with Crippen molar-refractivity contribution < 1.29 is 4.74 Å². The molecule has 2 rings (SSSR count). The summed E-state index contributed by atoms with van der Waals surface area (Å²) in [5.74, 6) is 0. The lowest BCUT2D eigenvalue weighted by Crippen LogP contribution is -2.24. The van der Waals surface area contributed by atoms with Crippen LogP contribution in [-0.4, -0.2) is 7.11 Å². The van der Waals surface area contributed by atoms with Crippen molar-refractivity contribution in [1.82, 2.24) is 0 Å². The van der Waals surface area contributed by atoms with E-state index in [0.29, 0.717) is 0 Å². The molecular formula is C13H18O. The highest BCUT2D eigenvalue weighted by Gasteiger charge is 2.37. The molecule has 1 aliphatic rings. The number of aryl methyl sites for hydroxylation is 1. The van der Waals surface area contributed by atoms with Crippen molar-refractivity contribution in [1.29, 1.82) is 0 Å². The molecule has 0 saturated heterocycles. The fourth-order valence-corrected chi connectivity index (χ4v) is 2.63. The number of hydrogen-bond acceptors (Lipinski definition) is 1. The quantitative estimate of drug-likeness (QED) is 0.710. The van der Waals surface area contributed by atoms with E-state index >= 15 is 0 Å². The highest BCUT2D eigenvalue weighted by atomic mass is 16.5. The van der Waals surface area contributed by atoms with E-state index in [1.807, 2.05) is 7.11 Å². The number of ether oxygens (including phenoxy) is 1. The zero-order valence-electron chi connectivity index (χ0n) is 9.05. The standard InChI is InChI=1S/C13H18O/c1-3-9-13(14-2)10-8-11-6-4-5-7-12(11)13/h4-7H,3,8-10H2,1-2H3. The van der Waals surface area contributed by atoms with Crippen LogP contribution in [0.25, 0.3) is 0 Å². The average molecular weight is 190 g/mol. The molecule has 0 radical (unpaired) electrons. The lowest BCUT2D eigenvalue weighted by molar-refractivity contribution is -0.0211. The maximum Gasteiger partial charge on any atom is 0.0933 e. The van der Waals surface area contributed by atoms with E-state index in [0.717, 1.165) is 12.8 Å². The third kappa shape index (κ3) is 1.36. The number of rotatable bonds is 3. The second kappa shape index (κ2) is 3.74. The van der Waals surface area contributed by atoms with Crippen LogP contribution in [-0.2, 0) is 16.8 Å². The Kier molecular flexibility index (Phi) is 2.60. The summed E-state index contributed by atoms with van der Waals surface area (Å²) in [5, 5.41) is 0. The van der Waals surface area contributed by atoms with Gasteiger partial charge in [-0.15, -0.1) is 0 Å². The monoisotopic (exact) mass is 190 g/mol. The van der Waals surface area contributed by atoms with E-state index in [9.17, 15) is 0 Å². The predicted molar refractivity (Wildman–Crippen MR) is 58.4 cm³/mol. The SMILES string of the molecule is CCCC1(OC)CCc2ccccc21. The first-order valence-corrected chi connectivity index (χ1v) is 5.46. The summed E-state index contributed by atoms with van der Waals surface area (Å²) in [4.78, 5) is 0. The predicted octanol–water partition coefficient (Wildman–Crippen LogP) is 3.27. The maximum atomic E-state index is 5.77. The molecule has 1 unspecified atom stereocenters. The van der Waals surface area contributed by atoms with Gasteiger partial charge in [0.2, 0.25) is 0 Å². The summed E-state index contributed by atoms with van der Waals surface area (Å²) >= 11 is 0. The van der Waals surface area contributed by atoms with Gasteiger partial charge in [-0.05, 0) is 30.4 Å². The largest absolute Gasteiger partial charge is 0.374 e. The van der Waals surface area contributed by atoms with E-state index in [1.54, 1.807) is 0 Å². The molecule has 0 fully saturated rings. The second-order valence-electron chi connectivity index (χ2n) is 4.11. The van der Waals surface area contributed by atoms with Crippen LogP contribution >= 0.6 is 0 Å². The van der Waals surface area contributed by atoms with Gasteiger partial charge in [-0.25, -0.2) is 0 Å². The van der Waals surface area contributed by atoms with E-state index in [4.69, 9.17) is 4.74 Å². The fraction of sp³-hybridized carbons (Fsp3) is 0.538. The molecule has 1 aromatic carbocycles. The molecule has 0 saturated carbocycles. The molecule has 1 nitrogen and oxygen atoms in total. The molecule has 1 heteroatoms. The molecular weight excluding hydrogens is 172 g/mol. The molecule has 0 aliphatic heterocycles. The van der Waals surface area contributed by atoms with Gasteiger partial charge >= 0.3 is 0 Å². The van der Waals surface area contributed by atoms with Crippen LogP contribution in [0.3, 0.4) is 0 Å². The van der Waals surface area contributed by atoms with Gasteiger partial charge in [-0.3, -0.25) is 0 Å². The van der Waals surface area contributed by atoms with Crippen molar-refractivity contribution in [3.05, 3.63) is 35.4 Å². The maximum absolute atomic E-state index is 5.77. The first-order chi connectivity index (χ1) is 6.82. The van der Waals surface area contributed by atoms with E-state index in [1.165, 1.54) is 24.0 Å². The Morgan fingerprint density at radius 3 is 2.86 bits per heavy atom. The first kappa shape index (κ1) is 9.72. The Labute approximate surface area is 86.1 Å². The smallest absolute Gasteiger partial charge is 0.0933 e. The third-order valence-corrected chi connectivity index (χ3v) is 3.35. The Morgan fingerprint density at radius 1 is 1.36 bits per heavy atom. The van der Waals surface area contributed by atoms with Crippen molar-refractivity contribution in [3.63, 3.8) is 0 Å². The van der Waals surface area contributed by atoms with Gasteiger partial charge in [-0.2, -0.15) is 0 Å². The molecule has 1 aliphatic carbocycles. The molecule has 0 amide bonds. The van der Waals surface area contributed by atoms with E-state index in [-0.39, 0.29) is 5.60 Å². The minimum Gasteiger partial charge on any atom is -0.374 e. The summed E-state index contributed by atoms with van der Waals surface area (Å²) in [6.45, 7) is 2.22. The summed E-state index contributed by atoms with van der Waals surface area (Å²) in [6, 6.07) is 8.69. The third-order valence-electron chi connectivity index (χ3n) is 3.35. The Balaban J connectivity index is 2.39. The Morgan fingerprint density at radius 2 is 2.14 bits per heavy atom. The van der Waals surface area contributed by atoms with Crippen molar-refractivity contribution in [2.75, 3.05) is 7.11 Å². The van der Waals surface area contributed by atoms with Crippen LogP contribution in [0.4, 0.5) is 0 Å². The summed E-state index contributed by atoms with van der Waals surface area (Å²) in [5.41, 5.74) is 2.91. The van der Waals surface area contributed by atoms with Crippen LogP contribution in [0.1, 0.15) is 37.3 Å². The minimum absolute atomic E-state index is 0.0192. The van der Waals surface area contributed by atoms with Crippen LogP contribution in [0.5, 0.6) is 0 Å². The van der Waals surface area contributed by atoms with Crippen LogP contribution in [0, 0.1) is 0 Å². The van der Waals surface area contributed by atoms with E-state index in [2.05, 4.69) is 31.2 Å². The van der Waals surface area contributed by atoms with Gasteiger partial charge in [0, 0.05) is 7.11 Å². The van der Waals surface area contributed by atoms with Gasteiger partial charge in [0.1, 0.15) is 0 Å². The van der Waals surface area contributed by atoms with Crippen molar-refractivity contribution in [2.24, 2.45) is 0 Å². The second-order valence-corrected chi connectivity index (χ2v) is 4.11. The normalized spacial score (nSPS) is 25.0. The number of methoxy groups -OCH3 is 1. The number of fused-ring (bicyclic) bond motifs is 1. The van der Waals surface area contributed by atoms with Crippen LogP contribution in [0.2, 0.25) is 0 Å². The highest BCUT2D eigenvalue weighted by Crippen LogP contribution is 2.42. The fourth-order valence-electron chi connectivity index (χ4n) is 2.63.